The van der Waals surface area contributed by atoms with E-state index < -0.39 is 0 Å². The first kappa shape index (κ1) is 18.6. The number of nitrogens with zero attached hydrogens (tertiary/aromatic N) is 3. The predicted octanol–water partition coefficient (Wildman–Crippen LogP) is 2.91. The number of halogens is 1. The number of aromatic nitrogens is 3. The standard InChI is InChI=1S/C19H18ClN5O2/c1-12-8-13(2)10-14(9-12)19(27)22-11-17(26)23-16-5-7-25(24-16)18-15(20)4-3-6-21-18/h3-10H,11H2,1-2H3,(H,22,27)(H,23,24,26). The second-order valence-electron chi connectivity index (χ2n) is 6.06. The molecule has 8 heteroatoms. The zero-order chi connectivity index (χ0) is 19.4. The summed E-state index contributed by atoms with van der Waals surface area (Å²) in [6.45, 7) is 3.67. The first-order valence-corrected chi connectivity index (χ1v) is 8.63. The van der Waals surface area contributed by atoms with Crippen molar-refractivity contribution in [3.63, 3.8) is 0 Å². The van der Waals surface area contributed by atoms with Crippen LogP contribution < -0.4 is 10.6 Å². The molecule has 0 bridgehead atoms. The van der Waals surface area contributed by atoms with Crippen LogP contribution in [-0.4, -0.2) is 33.1 Å². The van der Waals surface area contributed by atoms with Gasteiger partial charge in [-0.15, -0.1) is 5.10 Å². The first-order valence-electron chi connectivity index (χ1n) is 8.25. The maximum atomic E-state index is 12.2. The summed E-state index contributed by atoms with van der Waals surface area (Å²) in [5.41, 5.74) is 2.50. The van der Waals surface area contributed by atoms with Crippen molar-refractivity contribution in [1.82, 2.24) is 20.1 Å². The van der Waals surface area contributed by atoms with Crippen LogP contribution in [0.5, 0.6) is 0 Å². The molecule has 0 aliphatic carbocycles. The Labute approximate surface area is 161 Å². The van der Waals surface area contributed by atoms with E-state index in [0.29, 0.717) is 22.2 Å². The molecule has 0 saturated heterocycles. The van der Waals surface area contributed by atoms with Crippen LogP contribution >= 0.6 is 11.6 Å². The summed E-state index contributed by atoms with van der Waals surface area (Å²) >= 11 is 6.08. The molecule has 1 aromatic carbocycles. The summed E-state index contributed by atoms with van der Waals surface area (Å²) in [7, 11) is 0. The summed E-state index contributed by atoms with van der Waals surface area (Å²) < 4.78 is 1.46. The highest BCUT2D eigenvalue weighted by molar-refractivity contribution is 6.32. The van der Waals surface area contributed by atoms with Crippen LogP contribution in [0.2, 0.25) is 5.02 Å². The van der Waals surface area contributed by atoms with E-state index in [-0.39, 0.29) is 18.4 Å². The lowest BCUT2D eigenvalue weighted by Crippen LogP contribution is -2.33. The second-order valence-corrected chi connectivity index (χ2v) is 6.47. The molecule has 2 aromatic heterocycles. The largest absolute Gasteiger partial charge is 0.343 e. The van der Waals surface area contributed by atoms with Gasteiger partial charge in [-0.2, -0.15) is 0 Å². The van der Waals surface area contributed by atoms with Gasteiger partial charge in [0.25, 0.3) is 5.91 Å². The highest BCUT2D eigenvalue weighted by Crippen LogP contribution is 2.17. The maximum Gasteiger partial charge on any atom is 0.251 e. The van der Waals surface area contributed by atoms with Gasteiger partial charge in [0, 0.05) is 24.0 Å². The average molecular weight is 384 g/mol. The van der Waals surface area contributed by atoms with Crippen LogP contribution in [-0.2, 0) is 4.79 Å². The molecule has 0 radical (unpaired) electrons. The molecule has 138 valence electrons. The molecule has 0 aliphatic rings. The molecule has 0 unspecified atom stereocenters. The monoisotopic (exact) mass is 383 g/mol. The third kappa shape index (κ3) is 4.71. The Kier molecular flexibility index (Phi) is 5.52. The number of hydrogen-bond acceptors (Lipinski definition) is 4. The Morgan fingerprint density at radius 3 is 2.59 bits per heavy atom. The molecule has 3 rings (SSSR count). The van der Waals surface area contributed by atoms with Gasteiger partial charge in [0.15, 0.2) is 11.6 Å². The third-order valence-corrected chi connectivity index (χ3v) is 4.00. The van der Waals surface area contributed by atoms with Crippen molar-refractivity contribution in [2.75, 3.05) is 11.9 Å². The van der Waals surface area contributed by atoms with Gasteiger partial charge in [-0.3, -0.25) is 9.59 Å². The Balaban J connectivity index is 1.58. The highest BCUT2D eigenvalue weighted by atomic mass is 35.5. The van der Waals surface area contributed by atoms with E-state index in [4.69, 9.17) is 11.6 Å². The van der Waals surface area contributed by atoms with E-state index in [2.05, 4.69) is 20.7 Å². The van der Waals surface area contributed by atoms with Gasteiger partial charge in [0.1, 0.15) is 0 Å². The minimum atomic E-state index is -0.384. The smallest absolute Gasteiger partial charge is 0.251 e. The summed E-state index contributed by atoms with van der Waals surface area (Å²) in [6.07, 6.45) is 3.24. The molecule has 2 amide bonds. The van der Waals surface area contributed by atoms with Gasteiger partial charge in [-0.05, 0) is 38.1 Å². The number of anilines is 1. The molecule has 0 spiro atoms. The van der Waals surface area contributed by atoms with Gasteiger partial charge >= 0.3 is 0 Å². The molecule has 0 atom stereocenters. The van der Waals surface area contributed by atoms with Crippen molar-refractivity contribution >= 4 is 29.2 Å². The van der Waals surface area contributed by atoms with Crippen molar-refractivity contribution in [3.05, 3.63) is 70.5 Å². The van der Waals surface area contributed by atoms with E-state index >= 15 is 0 Å². The van der Waals surface area contributed by atoms with Gasteiger partial charge < -0.3 is 10.6 Å². The quantitative estimate of drug-likeness (QED) is 0.709. The Morgan fingerprint density at radius 2 is 1.89 bits per heavy atom. The van der Waals surface area contributed by atoms with Crippen LogP contribution in [0.1, 0.15) is 21.5 Å². The predicted molar refractivity (Wildman–Crippen MR) is 103 cm³/mol. The Hall–Kier alpha value is -3.19. The minimum absolute atomic E-state index is 0.164. The van der Waals surface area contributed by atoms with E-state index in [1.165, 1.54) is 4.68 Å². The molecule has 2 heterocycles. The fraction of sp³-hybridized carbons (Fsp3) is 0.158. The van der Waals surface area contributed by atoms with Crippen LogP contribution in [0.15, 0.2) is 48.8 Å². The number of carbonyl (C=O) groups is 2. The normalized spacial score (nSPS) is 10.5. The molecular weight excluding hydrogens is 366 g/mol. The number of hydrogen-bond donors (Lipinski definition) is 2. The zero-order valence-electron chi connectivity index (χ0n) is 14.9. The molecular formula is C19H18ClN5O2. The fourth-order valence-electron chi connectivity index (χ4n) is 2.61. The van der Waals surface area contributed by atoms with Crippen LogP contribution in [0.25, 0.3) is 5.82 Å². The number of amides is 2. The molecule has 7 nitrogen and oxygen atoms in total. The number of nitrogens with one attached hydrogen (secondary N) is 2. The van der Waals surface area contributed by atoms with E-state index in [1.807, 2.05) is 19.9 Å². The van der Waals surface area contributed by atoms with Gasteiger partial charge in [0.05, 0.1) is 11.6 Å². The van der Waals surface area contributed by atoms with Crippen LogP contribution in [0, 0.1) is 13.8 Å². The molecule has 0 saturated carbocycles. The number of carbonyl (C=O) groups excluding carboxylic acids is 2. The molecule has 27 heavy (non-hydrogen) atoms. The molecule has 2 N–H and O–H groups in total. The number of aryl methyl sites for hydroxylation is 2. The summed E-state index contributed by atoms with van der Waals surface area (Å²) in [6, 6.07) is 10.6. The van der Waals surface area contributed by atoms with Gasteiger partial charge in [0.2, 0.25) is 5.91 Å². The van der Waals surface area contributed by atoms with Crippen molar-refractivity contribution in [1.29, 1.82) is 0 Å². The summed E-state index contributed by atoms with van der Waals surface area (Å²) in [5, 5.41) is 9.89. The van der Waals surface area contributed by atoms with Gasteiger partial charge in [-0.25, -0.2) is 9.67 Å². The summed E-state index contributed by atoms with van der Waals surface area (Å²) in [4.78, 5) is 28.4. The average Bonchev–Trinajstić information content (AvgIpc) is 3.07. The van der Waals surface area contributed by atoms with E-state index in [0.717, 1.165) is 11.1 Å². The molecule has 3 aromatic rings. The fourth-order valence-corrected chi connectivity index (χ4v) is 2.82. The van der Waals surface area contributed by atoms with E-state index in [9.17, 15) is 9.59 Å². The number of pyridine rings is 1. The molecule has 0 fully saturated rings. The van der Waals surface area contributed by atoms with Crippen molar-refractivity contribution in [3.8, 4) is 5.82 Å². The Bertz CT molecular complexity index is 979. The maximum absolute atomic E-state index is 12.2. The topological polar surface area (TPSA) is 88.9 Å². The lowest BCUT2D eigenvalue weighted by molar-refractivity contribution is -0.115. The van der Waals surface area contributed by atoms with Crippen molar-refractivity contribution in [2.24, 2.45) is 0 Å². The summed E-state index contributed by atoms with van der Waals surface area (Å²) in [5.74, 6) is 0.109. The van der Waals surface area contributed by atoms with Crippen molar-refractivity contribution < 1.29 is 9.59 Å². The lowest BCUT2D eigenvalue weighted by Gasteiger charge is -2.07. The van der Waals surface area contributed by atoms with Crippen LogP contribution in [0.4, 0.5) is 5.82 Å². The molecule has 0 aliphatic heterocycles. The van der Waals surface area contributed by atoms with Crippen LogP contribution in [0.3, 0.4) is 0 Å². The highest BCUT2D eigenvalue weighted by Gasteiger charge is 2.11. The first-order chi connectivity index (χ1) is 12.9. The lowest BCUT2D eigenvalue weighted by atomic mass is 10.1. The Morgan fingerprint density at radius 1 is 1.15 bits per heavy atom. The number of benzene rings is 1. The third-order valence-electron chi connectivity index (χ3n) is 3.71. The number of rotatable bonds is 5. The van der Waals surface area contributed by atoms with Gasteiger partial charge in [-0.1, -0.05) is 28.8 Å². The zero-order valence-corrected chi connectivity index (χ0v) is 15.6. The minimum Gasteiger partial charge on any atom is -0.343 e. The van der Waals surface area contributed by atoms with E-state index in [1.54, 1.807) is 42.7 Å². The van der Waals surface area contributed by atoms with Crippen molar-refractivity contribution in [2.45, 2.75) is 13.8 Å². The SMILES string of the molecule is Cc1cc(C)cc(C(=O)NCC(=O)Nc2ccn(-c3ncccc3Cl)n2)c1. The second kappa shape index (κ2) is 8.01.